The topological polar surface area (TPSA) is 21.3 Å². The molecule has 1 N–H and O–H groups in total. The lowest BCUT2D eigenvalue weighted by Gasteiger charge is -2.10. The molecule has 0 unspecified atom stereocenters. The zero-order valence-corrected chi connectivity index (χ0v) is 14.0. The number of ether oxygens (including phenoxy) is 1. The molecule has 0 radical (unpaired) electrons. The maximum absolute atomic E-state index is 5.97. The second-order valence-corrected chi connectivity index (χ2v) is 5.89. The Labute approximate surface area is 137 Å². The smallest absolute Gasteiger partial charge is 0.141 e. The zero-order chi connectivity index (χ0) is 14.5. The molecule has 5 heteroatoms. The van der Waals surface area contributed by atoms with Crippen LogP contribution in [-0.4, -0.2) is 6.54 Å². The van der Waals surface area contributed by atoms with Crippen molar-refractivity contribution < 1.29 is 4.74 Å². The van der Waals surface area contributed by atoms with Crippen molar-refractivity contribution >= 4 is 39.1 Å². The number of halogens is 3. The largest absolute Gasteiger partial charge is 0.456 e. The number of hydrogen-bond donors (Lipinski definition) is 1. The number of benzene rings is 2. The summed E-state index contributed by atoms with van der Waals surface area (Å²) in [6, 6.07) is 11.2. The van der Waals surface area contributed by atoms with Gasteiger partial charge in [-0.05, 0) is 52.3 Å². The van der Waals surface area contributed by atoms with Gasteiger partial charge in [0.2, 0.25) is 0 Å². The van der Waals surface area contributed by atoms with E-state index in [0.29, 0.717) is 15.8 Å². The van der Waals surface area contributed by atoms with Crippen LogP contribution in [-0.2, 0) is 6.54 Å². The fourth-order valence-electron chi connectivity index (χ4n) is 1.67. The van der Waals surface area contributed by atoms with Crippen molar-refractivity contribution in [1.82, 2.24) is 5.32 Å². The highest BCUT2D eigenvalue weighted by atomic mass is 79.9. The molecular formula is C15H14BrCl2NO. The van der Waals surface area contributed by atoms with Crippen LogP contribution in [0.5, 0.6) is 11.5 Å². The molecule has 0 saturated carbocycles. The van der Waals surface area contributed by atoms with Crippen LogP contribution >= 0.6 is 39.1 Å². The van der Waals surface area contributed by atoms with Gasteiger partial charge in [0, 0.05) is 12.6 Å². The Morgan fingerprint density at radius 2 is 1.90 bits per heavy atom. The molecule has 2 aromatic carbocycles. The molecule has 0 aliphatic heterocycles. The van der Waals surface area contributed by atoms with E-state index in [1.54, 1.807) is 18.2 Å². The van der Waals surface area contributed by atoms with Crippen molar-refractivity contribution in [3.63, 3.8) is 0 Å². The number of hydrogen-bond acceptors (Lipinski definition) is 2. The van der Waals surface area contributed by atoms with Crippen LogP contribution in [0.4, 0.5) is 0 Å². The third kappa shape index (κ3) is 4.13. The Kier molecular flexibility index (Phi) is 5.73. The molecule has 2 rings (SSSR count). The Bertz CT molecular complexity index is 604. The zero-order valence-electron chi connectivity index (χ0n) is 10.9. The van der Waals surface area contributed by atoms with E-state index >= 15 is 0 Å². The van der Waals surface area contributed by atoms with Crippen molar-refractivity contribution in [2.75, 3.05) is 6.54 Å². The van der Waals surface area contributed by atoms with Gasteiger partial charge in [-0.25, -0.2) is 0 Å². The SMILES string of the molecule is CCNCc1ccc(Oc2ccc(Cl)c(Cl)c2)c(Br)c1. The van der Waals surface area contributed by atoms with Gasteiger partial charge in [-0.1, -0.05) is 36.2 Å². The Balaban J connectivity index is 2.14. The van der Waals surface area contributed by atoms with E-state index in [1.807, 2.05) is 18.2 Å². The summed E-state index contributed by atoms with van der Waals surface area (Å²) in [6.45, 7) is 3.86. The van der Waals surface area contributed by atoms with Gasteiger partial charge in [-0.2, -0.15) is 0 Å². The van der Waals surface area contributed by atoms with E-state index in [4.69, 9.17) is 27.9 Å². The summed E-state index contributed by atoms with van der Waals surface area (Å²) in [4.78, 5) is 0. The molecule has 106 valence electrons. The summed E-state index contributed by atoms with van der Waals surface area (Å²) in [5, 5.41) is 4.27. The van der Waals surface area contributed by atoms with E-state index in [-0.39, 0.29) is 0 Å². The Morgan fingerprint density at radius 1 is 1.10 bits per heavy atom. The number of nitrogens with one attached hydrogen (secondary N) is 1. The van der Waals surface area contributed by atoms with Crippen LogP contribution in [0.15, 0.2) is 40.9 Å². The highest BCUT2D eigenvalue weighted by Crippen LogP contribution is 2.33. The van der Waals surface area contributed by atoms with E-state index in [0.717, 1.165) is 23.3 Å². The molecule has 0 spiro atoms. The first-order valence-corrected chi connectivity index (χ1v) is 7.77. The molecule has 0 aliphatic rings. The van der Waals surface area contributed by atoms with Crippen molar-refractivity contribution in [2.45, 2.75) is 13.5 Å². The van der Waals surface area contributed by atoms with Gasteiger partial charge in [0.1, 0.15) is 11.5 Å². The molecule has 0 atom stereocenters. The molecule has 0 heterocycles. The third-order valence-electron chi connectivity index (χ3n) is 2.69. The van der Waals surface area contributed by atoms with Crippen LogP contribution in [0.3, 0.4) is 0 Å². The first-order chi connectivity index (χ1) is 9.60. The van der Waals surface area contributed by atoms with Crippen LogP contribution in [0.1, 0.15) is 12.5 Å². The van der Waals surface area contributed by atoms with Crippen molar-refractivity contribution in [3.05, 3.63) is 56.5 Å². The lowest BCUT2D eigenvalue weighted by Crippen LogP contribution is -2.11. The summed E-state index contributed by atoms with van der Waals surface area (Å²) < 4.78 is 6.70. The third-order valence-corrected chi connectivity index (χ3v) is 4.05. The van der Waals surface area contributed by atoms with Crippen LogP contribution in [0.2, 0.25) is 10.0 Å². The molecule has 0 aliphatic carbocycles. The van der Waals surface area contributed by atoms with Crippen LogP contribution in [0, 0.1) is 0 Å². The molecule has 0 saturated heterocycles. The molecule has 0 amide bonds. The lowest BCUT2D eigenvalue weighted by atomic mass is 10.2. The predicted molar refractivity (Wildman–Crippen MR) is 88.1 cm³/mol. The van der Waals surface area contributed by atoms with Crippen LogP contribution in [0.25, 0.3) is 0 Å². The van der Waals surface area contributed by atoms with Crippen molar-refractivity contribution in [3.8, 4) is 11.5 Å². The second kappa shape index (κ2) is 7.32. The average Bonchev–Trinajstić information content (AvgIpc) is 2.43. The standard InChI is InChI=1S/C15H14BrCl2NO/c1-2-19-9-10-3-6-15(12(16)7-10)20-11-4-5-13(17)14(18)8-11/h3-8,19H,2,9H2,1H3. The first kappa shape index (κ1) is 15.6. The predicted octanol–water partition coefficient (Wildman–Crippen LogP) is 5.66. The quantitative estimate of drug-likeness (QED) is 0.729. The molecule has 20 heavy (non-hydrogen) atoms. The molecule has 2 nitrogen and oxygen atoms in total. The minimum atomic E-state index is 0.476. The van der Waals surface area contributed by atoms with Gasteiger partial charge in [-0.3, -0.25) is 0 Å². The Hall–Kier alpha value is -0.740. The molecule has 0 fully saturated rings. The summed E-state index contributed by atoms with van der Waals surface area (Å²) in [5.74, 6) is 1.39. The van der Waals surface area contributed by atoms with Gasteiger partial charge >= 0.3 is 0 Å². The minimum Gasteiger partial charge on any atom is -0.456 e. The Morgan fingerprint density at radius 3 is 2.55 bits per heavy atom. The summed E-state index contributed by atoms with van der Waals surface area (Å²) in [7, 11) is 0. The summed E-state index contributed by atoms with van der Waals surface area (Å²) >= 11 is 15.4. The molecule has 0 aromatic heterocycles. The fourth-order valence-corrected chi connectivity index (χ4v) is 2.47. The fraction of sp³-hybridized carbons (Fsp3) is 0.200. The maximum Gasteiger partial charge on any atom is 0.141 e. The van der Waals surface area contributed by atoms with E-state index in [2.05, 4.69) is 28.2 Å². The molecular weight excluding hydrogens is 361 g/mol. The van der Waals surface area contributed by atoms with E-state index in [9.17, 15) is 0 Å². The van der Waals surface area contributed by atoms with Gasteiger partial charge in [-0.15, -0.1) is 0 Å². The summed E-state index contributed by atoms with van der Waals surface area (Å²) in [6.07, 6.45) is 0. The van der Waals surface area contributed by atoms with Crippen molar-refractivity contribution in [1.29, 1.82) is 0 Å². The van der Waals surface area contributed by atoms with E-state index < -0.39 is 0 Å². The van der Waals surface area contributed by atoms with Gasteiger partial charge in [0.05, 0.1) is 14.5 Å². The summed E-state index contributed by atoms with van der Waals surface area (Å²) in [5.41, 5.74) is 1.19. The van der Waals surface area contributed by atoms with Gasteiger partial charge < -0.3 is 10.1 Å². The number of rotatable bonds is 5. The first-order valence-electron chi connectivity index (χ1n) is 6.22. The highest BCUT2D eigenvalue weighted by Gasteiger charge is 2.06. The lowest BCUT2D eigenvalue weighted by molar-refractivity contribution is 0.479. The van der Waals surface area contributed by atoms with Crippen LogP contribution < -0.4 is 10.1 Å². The average molecular weight is 375 g/mol. The second-order valence-electron chi connectivity index (χ2n) is 4.22. The highest BCUT2D eigenvalue weighted by molar-refractivity contribution is 9.10. The molecule has 0 bridgehead atoms. The normalized spacial score (nSPS) is 10.6. The monoisotopic (exact) mass is 373 g/mol. The van der Waals surface area contributed by atoms with Crippen molar-refractivity contribution in [2.24, 2.45) is 0 Å². The maximum atomic E-state index is 5.97. The van der Waals surface area contributed by atoms with Gasteiger partial charge in [0.15, 0.2) is 0 Å². The minimum absolute atomic E-state index is 0.476. The van der Waals surface area contributed by atoms with Gasteiger partial charge in [0.25, 0.3) is 0 Å². The molecule has 2 aromatic rings. The van der Waals surface area contributed by atoms with E-state index in [1.165, 1.54) is 5.56 Å².